The summed E-state index contributed by atoms with van der Waals surface area (Å²) in [6, 6.07) is 4.18. The summed E-state index contributed by atoms with van der Waals surface area (Å²) in [5, 5.41) is 1.05. The third-order valence-electron chi connectivity index (χ3n) is 1.76. The second-order valence-corrected chi connectivity index (χ2v) is 6.49. The van der Waals surface area contributed by atoms with Gasteiger partial charge >= 0.3 is 0 Å². The van der Waals surface area contributed by atoms with Gasteiger partial charge in [-0.3, -0.25) is 0 Å². The van der Waals surface area contributed by atoms with Gasteiger partial charge in [0.05, 0.1) is 8.66 Å². The minimum Gasteiger partial charge on any atom is -0.323 e. The van der Waals surface area contributed by atoms with Crippen LogP contribution in [0.15, 0.2) is 22.1 Å². The number of halogens is 1. The van der Waals surface area contributed by atoms with E-state index in [1.807, 2.05) is 19.2 Å². The summed E-state index contributed by atoms with van der Waals surface area (Å²) in [4.78, 5) is 6.67. The zero-order chi connectivity index (χ0) is 10.1. The van der Waals surface area contributed by atoms with E-state index in [9.17, 15) is 0 Å². The van der Waals surface area contributed by atoms with Crippen molar-refractivity contribution in [1.82, 2.24) is 4.98 Å². The number of thiazole rings is 1. The topological polar surface area (TPSA) is 38.9 Å². The van der Waals surface area contributed by atoms with E-state index < -0.39 is 0 Å². The molecule has 0 bridgehead atoms. The Morgan fingerprint density at radius 3 is 2.71 bits per heavy atom. The highest BCUT2D eigenvalue weighted by atomic mass is 79.9. The molecule has 0 spiro atoms. The van der Waals surface area contributed by atoms with Crippen LogP contribution in [0.2, 0.25) is 0 Å². The fraction of sp³-hybridized carbons (Fsp3) is 0.222. The second-order valence-electron chi connectivity index (χ2n) is 2.96. The molecule has 0 saturated heterocycles. The minimum absolute atomic E-state index is 0.0738. The molecule has 0 aliphatic heterocycles. The summed E-state index contributed by atoms with van der Waals surface area (Å²) in [7, 11) is 0. The SMILES string of the molecule is CC(N)c1cnc(-c2ccc(Br)s2)s1. The first kappa shape index (κ1) is 10.3. The molecule has 1 unspecified atom stereocenters. The van der Waals surface area contributed by atoms with Gasteiger partial charge in [-0.2, -0.15) is 0 Å². The molecule has 0 saturated carbocycles. The van der Waals surface area contributed by atoms with E-state index in [1.54, 1.807) is 22.7 Å². The first-order valence-electron chi connectivity index (χ1n) is 4.14. The lowest BCUT2D eigenvalue weighted by Crippen LogP contribution is -2.01. The lowest BCUT2D eigenvalue weighted by Gasteiger charge is -1.96. The lowest BCUT2D eigenvalue weighted by atomic mass is 10.3. The molecule has 0 aromatic carbocycles. The van der Waals surface area contributed by atoms with Gasteiger partial charge in [-0.15, -0.1) is 22.7 Å². The summed E-state index contributed by atoms with van der Waals surface area (Å²) in [5.41, 5.74) is 5.77. The van der Waals surface area contributed by atoms with Crippen molar-refractivity contribution in [2.45, 2.75) is 13.0 Å². The second kappa shape index (κ2) is 4.10. The molecule has 0 aliphatic carbocycles. The molecule has 0 amide bonds. The van der Waals surface area contributed by atoms with Crippen molar-refractivity contribution in [1.29, 1.82) is 0 Å². The van der Waals surface area contributed by atoms with Gasteiger partial charge in [0.25, 0.3) is 0 Å². The maximum absolute atomic E-state index is 5.77. The molecule has 0 fully saturated rings. The van der Waals surface area contributed by atoms with E-state index >= 15 is 0 Å². The highest BCUT2D eigenvalue weighted by molar-refractivity contribution is 9.11. The Morgan fingerprint density at radius 2 is 2.21 bits per heavy atom. The molecule has 2 aromatic heterocycles. The largest absolute Gasteiger partial charge is 0.323 e. The van der Waals surface area contributed by atoms with Crippen molar-refractivity contribution in [2.24, 2.45) is 5.73 Å². The normalized spacial score (nSPS) is 13.1. The summed E-state index contributed by atoms with van der Waals surface area (Å²) in [5.74, 6) is 0. The Kier molecular flexibility index (Phi) is 3.02. The minimum atomic E-state index is 0.0738. The van der Waals surface area contributed by atoms with Crippen molar-refractivity contribution in [2.75, 3.05) is 0 Å². The summed E-state index contributed by atoms with van der Waals surface area (Å²) >= 11 is 6.79. The Hall–Kier alpha value is -0.230. The molecule has 1 atom stereocenters. The fourth-order valence-electron chi connectivity index (χ4n) is 1.04. The number of rotatable bonds is 2. The van der Waals surface area contributed by atoms with Crippen molar-refractivity contribution in [3.8, 4) is 9.88 Å². The van der Waals surface area contributed by atoms with Gasteiger partial charge in [0.1, 0.15) is 5.01 Å². The Bertz CT molecular complexity index is 433. The van der Waals surface area contributed by atoms with E-state index in [1.165, 1.54) is 4.88 Å². The Morgan fingerprint density at radius 1 is 1.43 bits per heavy atom. The van der Waals surface area contributed by atoms with Gasteiger partial charge in [-0.1, -0.05) is 0 Å². The lowest BCUT2D eigenvalue weighted by molar-refractivity contribution is 0.835. The van der Waals surface area contributed by atoms with Crippen molar-refractivity contribution in [3.63, 3.8) is 0 Å². The van der Waals surface area contributed by atoms with Crippen LogP contribution in [-0.4, -0.2) is 4.98 Å². The Labute approximate surface area is 98.9 Å². The zero-order valence-corrected chi connectivity index (χ0v) is 10.7. The fourth-order valence-corrected chi connectivity index (χ4v) is 3.36. The zero-order valence-electron chi connectivity index (χ0n) is 7.53. The highest BCUT2D eigenvalue weighted by Gasteiger charge is 2.08. The van der Waals surface area contributed by atoms with Crippen LogP contribution in [0.3, 0.4) is 0 Å². The molecule has 2 aromatic rings. The Balaban J connectivity index is 2.33. The van der Waals surface area contributed by atoms with Gasteiger partial charge in [0.2, 0.25) is 0 Å². The number of nitrogens with two attached hydrogens (primary N) is 1. The molecule has 2 rings (SSSR count). The van der Waals surface area contributed by atoms with Gasteiger partial charge in [0.15, 0.2) is 0 Å². The highest BCUT2D eigenvalue weighted by Crippen LogP contribution is 2.34. The van der Waals surface area contributed by atoms with Crippen LogP contribution >= 0.6 is 38.6 Å². The van der Waals surface area contributed by atoms with E-state index in [4.69, 9.17) is 5.73 Å². The van der Waals surface area contributed by atoms with E-state index in [2.05, 4.69) is 27.0 Å². The number of hydrogen-bond donors (Lipinski definition) is 1. The smallest absolute Gasteiger partial charge is 0.133 e. The molecule has 0 radical (unpaired) electrons. The van der Waals surface area contributed by atoms with Gasteiger partial charge < -0.3 is 5.73 Å². The quantitative estimate of drug-likeness (QED) is 0.916. The number of hydrogen-bond acceptors (Lipinski definition) is 4. The van der Waals surface area contributed by atoms with Crippen LogP contribution < -0.4 is 5.73 Å². The van der Waals surface area contributed by atoms with Crippen molar-refractivity contribution >= 4 is 38.6 Å². The molecule has 0 aliphatic rings. The molecule has 2 nitrogen and oxygen atoms in total. The predicted octanol–water partition coefficient (Wildman–Crippen LogP) is 3.65. The first-order valence-corrected chi connectivity index (χ1v) is 6.56. The average Bonchev–Trinajstić information content (AvgIpc) is 2.70. The number of thiophene rings is 1. The van der Waals surface area contributed by atoms with E-state index in [0.29, 0.717) is 0 Å². The van der Waals surface area contributed by atoms with Crippen LogP contribution in [0, 0.1) is 0 Å². The maximum atomic E-state index is 5.77. The van der Waals surface area contributed by atoms with Crippen molar-refractivity contribution < 1.29 is 0 Å². The third-order valence-corrected chi connectivity index (χ3v) is 4.75. The monoisotopic (exact) mass is 288 g/mol. The summed E-state index contributed by atoms with van der Waals surface area (Å²) in [6.07, 6.45) is 1.86. The molecule has 5 heteroatoms. The van der Waals surface area contributed by atoms with E-state index in [-0.39, 0.29) is 6.04 Å². The van der Waals surface area contributed by atoms with Gasteiger partial charge in [0, 0.05) is 17.1 Å². The van der Waals surface area contributed by atoms with Crippen LogP contribution in [0.25, 0.3) is 9.88 Å². The number of aromatic nitrogens is 1. The molecular weight excluding hydrogens is 280 g/mol. The van der Waals surface area contributed by atoms with Crippen molar-refractivity contribution in [3.05, 3.63) is 27.0 Å². The summed E-state index contributed by atoms with van der Waals surface area (Å²) < 4.78 is 1.13. The van der Waals surface area contributed by atoms with Gasteiger partial charge in [-0.05, 0) is 35.0 Å². The summed E-state index contributed by atoms with van der Waals surface area (Å²) in [6.45, 7) is 1.97. The van der Waals surface area contributed by atoms with Crippen LogP contribution in [0.5, 0.6) is 0 Å². The van der Waals surface area contributed by atoms with Crippen LogP contribution in [-0.2, 0) is 0 Å². The van der Waals surface area contributed by atoms with Crippen LogP contribution in [0.4, 0.5) is 0 Å². The molecule has 74 valence electrons. The predicted molar refractivity (Wildman–Crippen MR) is 65.7 cm³/mol. The standard InChI is InChI=1S/C9H9BrN2S2/c1-5(11)7-4-12-9(14-7)6-2-3-8(10)13-6/h2-5H,11H2,1H3. The number of nitrogens with zero attached hydrogens (tertiary/aromatic N) is 1. The first-order chi connectivity index (χ1) is 6.66. The average molecular weight is 289 g/mol. The molecule has 2 heterocycles. The molecular formula is C9H9BrN2S2. The van der Waals surface area contributed by atoms with E-state index in [0.717, 1.165) is 13.7 Å². The van der Waals surface area contributed by atoms with Gasteiger partial charge in [-0.25, -0.2) is 4.98 Å². The molecule has 14 heavy (non-hydrogen) atoms. The van der Waals surface area contributed by atoms with Crippen LogP contribution in [0.1, 0.15) is 17.8 Å². The maximum Gasteiger partial charge on any atom is 0.133 e. The third kappa shape index (κ3) is 2.06. The molecule has 2 N–H and O–H groups in total.